The fourth-order valence-corrected chi connectivity index (χ4v) is 3.29. The van der Waals surface area contributed by atoms with Crippen molar-refractivity contribution in [3.63, 3.8) is 0 Å². The maximum atomic E-state index is 5.72. The summed E-state index contributed by atoms with van der Waals surface area (Å²) in [4.78, 5) is 7.63. The van der Waals surface area contributed by atoms with Gasteiger partial charge in [0.15, 0.2) is 0 Å². The van der Waals surface area contributed by atoms with Crippen LogP contribution in [0.4, 0.5) is 0 Å². The molecule has 123 valence electrons. The van der Waals surface area contributed by atoms with Crippen molar-refractivity contribution in [1.29, 1.82) is 0 Å². The van der Waals surface area contributed by atoms with E-state index in [-0.39, 0.29) is 0 Å². The minimum atomic E-state index is 0.530. The average Bonchev–Trinajstić information content (AvgIpc) is 2.52. The molecule has 4 nitrogen and oxygen atoms in total. The van der Waals surface area contributed by atoms with Crippen LogP contribution >= 0.6 is 0 Å². The van der Waals surface area contributed by atoms with Gasteiger partial charge in [-0.1, -0.05) is 0 Å². The zero-order valence-corrected chi connectivity index (χ0v) is 21.5. The van der Waals surface area contributed by atoms with E-state index in [1.807, 2.05) is 0 Å². The minimum absolute atomic E-state index is 0.530. The SMILES string of the molecule is CCN(CC)CCN(CCN(CC)CC)C(C)CO[CH2][Rf]. The standard InChI is InChI=1S/C16H36N3O.Rf/c1-7-17(8-2)11-13-19(16(5)15-20-6)14-12-18(9-3)10-4;/h16H,6-15H2,1-5H3;. The van der Waals surface area contributed by atoms with Crippen molar-refractivity contribution >= 4 is 0 Å². The van der Waals surface area contributed by atoms with E-state index in [0.717, 1.165) is 53.0 Å². The number of hydrogen-bond donors (Lipinski definition) is 0. The van der Waals surface area contributed by atoms with Crippen LogP contribution in [0.2, 0.25) is 0 Å². The summed E-state index contributed by atoms with van der Waals surface area (Å²) in [5, 5.41) is 0. The summed E-state index contributed by atoms with van der Waals surface area (Å²) in [6.07, 6.45) is 0. The normalized spacial score (nSPS) is 13.6. The fourth-order valence-electron chi connectivity index (χ4n) is 2.53. The molecule has 21 heavy (non-hydrogen) atoms. The third-order valence-corrected chi connectivity index (χ3v) is 5.63. The van der Waals surface area contributed by atoms with Crippen LogP contribution in [0.1, 0.15) is 34.6 Å². The number of rotatable bonds is 14. The van der Waals surface area contributed by atoms with Gasteiger partial charge >= 0.3 is 126 Å². The van der Waals surface area contributed by atoms with Crippen LogP contribution in [0.3, 0.4) is 0 Å². The molecule has 0 saturated heterocycles. The molecule has 0 aromatic rings. The first-order valence-corrected chi connectivity index (χ1v) is 13.2. The first-order chi connectivity index (χ1) is 10.1. The van der Waals surface area contributed by atoms with Crippen molar-refractivity contribution < 1.29 is 4.74 Å². The molecule has 0 rings (SSSR count). The third kappa shape index (κ3) is 8.66. The van der Waals surface area contributed by atoms with Gasteiger partial charge in [-0.05, 0) is 0 Å². The summed E-state index contributed by atoms with van der Waals surface area (Å²) in [5.41, 5.74) is 0. The number of ether oxygens (including phenoxy) is 1. The summed E-state index contributed by atoms with van der Waals surface area (Å²) >= 11 is 0. The summed E-state index contributed by atoms with van der Waals surface area (Å²) in [7, 11) is 1.02. The zero-order chi connectivity index (χ0) is 16.1. The van der Waals surface area contributed by atoms with Crippen LogP contribution in [0, 0.1) is 0 Å². The number of nitrogens with zero attached hydrogens (tertiary/aromatic N) is 3. The third-order valence-electron chi connectivity index (χ3n) is 4.32. The molecule has 0 radical (unpaired) electrons. The molecule has 0 bridgehead atoms. The Morgan fingerprint density at radius 2 is 1.24 bits per heavy atom. The quantitative estimate of drug-likeness (QED) is 0.327. The second-order valence-electron chi connectivity index (χ2n) is 5.51. The van der Waals surface area contributed by atoms with E-state index in [1.165, 1.54) is 13.1 Å². The molecule has 0 saturated carbocycles. The van der Waals surface area contributed by atoms with E-state index in [2.05, 4.69) is 49.3 Å². The van der Waals surface area contributed by atoms with Gasteiger partial charge in [-0.25, -0.2) is 0 Å². The molecule has 1 atom stereocenters. The molecular weight excluding hydrogens is 517 g/mol. The summed E-state index contributed by atoms with van der Waals surface area (Å²) in [6.45, 7) is 21.4. The van der Waals surface area contributed by atoms with E-state index in [0.29, 0.717) is 6.04 Å². The Morgan fingerprint density at radius 3 is 1.57 bits per heavy atom. The molecule has 0 aromatic carbocycles. The zero-order valence-electron chi connectivity index (χ0n) is 15.1. The van der Waals surface area contributed by atoms with Crippen LogP contribution in [0.25, 0.3) is 0 Å². The van der Waals surface area contributed by atoms with Gasteiger partial charge in [0.1, 0.15) is 0 Å². The van der Waals surface area contributed by atoms with Gasteiger partial charge in [0, 0.05) is 0 Å². The van der Waals surface area contributed by atoms with Crippen LogP contribution in [0.15, 0.2) is 0 Å². The monoisotopic (exact) mass is 553 g/mol. The number of likely N-dealkylation sites (N-methyl/N-ethyl adjacent to an activating group) is 2. The van der Waals surface area contributed by atoms with Crippen molar-refractivity contribution in [2.24, 2.45) is 0 Å². The Bertz CT molecular complexity index is 208. The van der Waals surface area contributed by atoms with Gasteiger partial charge in [0.2, 0.25) is 0 Å². The van der Waals surface area contributed by atoms with E-state index >= 15 is 0 Å². The molecule has 0 aliphatic rings. The first-order valence-electron chi connectivity index (χ1n) is 8.68. The first kappa shape index (κ1) is 19.8. The average molecular weight is 553 g/mol. The number of hydrogen-bond acceptors (Lipinski definition) is 4. The Hall–Kier alpha value is -1.16. The van der Waals surface area contributed by atoms with Crippen LogP contribution in [-0.4, -0.2) is 86.8 Å². The Labute approximate surface area is 127 Å². The summed E-state index contributed by atoms with van der Waals surface area (Å²) in [5.74, 6) is 0. The van der Waals surface area contributed by atoms with E-state index in [9.17, 15) is 0 Å². The van der Waals surface area contributed by atoms with Crippen LogP contribution < -0.4 is 0 Å². The molecule has 0 aliphatic heterocycles. The molecular formula is C16H36N3ORf. The van der Waals surface area contributed by atoms with Crippen molar-refractivity contribution in [1.82, 2.24) is 14.7 Å². The molecule has 0 aliphatic carbocycles. The Kier molecular flexibility index (Phi) is 11.9. The van der Waals surface area contributed by atoms with Gasteiger partial charge < -0.3 is 0 Å². The van der Waals surface area contributed by atoms with Crippen molar-refractivity contribution in [3.8, 4) is 0 Å². The van der Waals surface area contributed by atoms with Gasteiger partial charge in [-0.15, -0.1) is 0 Å². The fraction of sp³-hybridized carbons (Fsp3) is 1.00. The molecule has 0 spiro atoms. The summed E-state index contributed by atoms with van der Waals surface area (Å²) < 4.78 is 6.38. The molecule has 1 unspecified atom stereocenters. The van der Waals surface area contributed by atoms with Crippen LogP contribution in [0.5, 0.6) is 0 Å². The summed E-state index contributed by atoms with van der Waals surface area (Å²) in [6, 6.07) is 0.530. The van der Waals surface area contributed by atoms with Gasteiger partial charge in [0.25, 0.3) is 0 Å². The molecule has 0 N–H and O–H groups in total. The Morgan fingerprint density at radius 1 is 0.810 bits per heavy atom. The van der Waals surface area contributed by atoms with E-state index < -0.39 is 0 Å². The van der Waals surface area contributed by atoms with Crippen molar-refractivity contribution in [2.75, 3.05) is 66.1 Å². The molecule has 0 aromatic heterocycles. The second kappa shape index (κ2) is 12.6. The van der Waals surface area contributed by atoms with Crippen LogP contribution in [-0.2, 0) is 4.74 Å². The maximum absolute atomic E-state index is 5.72. The van der Waals surface area contributed by atoms with E-state index in [1.54, 1.807) is 0 Å². The second-order valence-corrected chi connectivity index (χ2v) is 7.36. The molecule has 0 amide bonds. The van der Waals surface area contributed by atoms with Gasteiger partial charge in [0.05, 0.1) is 0 Å². The molecule has 0 heterocycles. The molecule has 5 heteroatoms. The topological polar surface area (TPSA) is 19.0 Å². The predicted octanol–water partition coefficient (Wildman–Crippen LogP) is 1.88. The van der Waals surface area contributed by atoms with Gasteiger partial charge in [-0.2, -0.15) is 0 Å². The predicted molar refractivity (Wildman–Crippen MR) is 87.4 cm³/mol. The van der Waals surface area contributed by atoms with Crippen molar-refractivity contribution in [2.45, 2.75) is 40.7 Å². The van der Waals surface area contributed by atoms with Crippen molar-refractivity contribution in [3.05, 3.63) is 0 Å². The van der Waals surface area contributed by atoms with E-state index in [4.69, 9.17) is 4.74 Å². The Balaban J connectivity index is 4.38. The van der Waals surface area contributed by atoms with Gasteiger partial charge in [-0.3, -0.25) is 0 Å². The molecule has 0 fully saturated rings.